The first-order valence-electron chi connectivity index (χ1n) is 12.4. The Hall–Kier alpha value is -3.17. The molecule has 0 radical (unpaired) electrons. The second-order valence-corrected chi connectivity index (χ2v) is 11.9. The first-order valence-corrected chi connectivity index (χ1v) is 14.2. The predicted octanol–water partition coefficient (Wildman–Crippen LogP) is 4.52. The molecule has 1 aliphatic rings. The van der Waals surface area contributed by atoms with Gasteiger partial charge in [-0.15, -0.1) is 5.10 Å². The molecule has 1 aromatic heterocycles. The Morgan fingerprint density at radius 3 is 2.62 bits per heavy atom. The molecule has 0 spiro atoms. The molecule has 40 heavy (non-hydrogen) atoms. The van der Waals surface area contributed by atoms with Crippen LogP contribution < -0.4 is 10.6 Å². The Kier molecular flexibility index (Phi) is 9.36. The molecule has 2 amide bonds. The van der Waals surface area contributed by atoms with E-state index in [1.54, 1.807) is 32.8 Å². The fraction of sp³-hybridized carbons (Fsp3) is 0.370. The zero-order valence-electron chi connectivity index (χ0n) is 22.4. The smallest absolute Gasteiger partial charge is 0.235 e. The van der Waals surface area contributed by atoms with E-state index in [0.717, 1.165) is 24.6 Å². The first-order chi connectivity index (χ1) is 18.9. The number of hydrogen-bond acceptors (Lipinski definition) is 7. The van der Waals surface area contributed by atoms with Crippen LogP contribution in [0.5, 0.6) is 0 Å². The number of carbonyl (C=O) groups excluding carboxylic acids is 2. The minimum atomic E-state index is -0.894. The second-order valence-electron chi connectivity index (χ2n) is 10.1. The van der Waals surface area contributed by atoms with Crippen LogP contribution in [0.2, 0.25) is 10.0 Å². The average molecular weight is 605 g/mol. The fourth-order valence-electron chi connectivity index (χ4n) is 3.77. The molecular weight excluding hydrogens is 576 g/mol. The van der Waals surface area contributed by atoms with Crippen LogP contribution in [0.15, 0.2) is 35.5 Å². The largest absolute Gasteiger partial charge is 0.339 e. The summed E-state index contributed by atoms with van der Waals surface area (Å²) in [5.41, 5.74) is 1.05. The summed E-state index contributed by atoms with van der Waals surface area (Å²) in [5.74, 6) is 4.67. The van der Waals surface area contributed by atoms with Gasteiger partial charge in [-0.3, -0.25) is 9.59 Å². The molecule has 1 fully saturated rings. The third-order valence-corrected chi connectivity index (χ3v) is 7.39. The number of benzene rings is 2. The van der Waals surface area contributed by atoms with Gasteiger partial charge >= 0.3 is 0 Å². The summed E-state index contributed by atoms with van der Waals surface area (Å²) in [6.45, 7) is 3.63. The van der Waals surface area contributed by atoms with E-state index in [-0.39, 0.29) is 34.5 Å². The van der Waals surface area contributed by atoms with Crippen LogP contribution in [0.1, 0.15) is 43.7 Å². The van der Waals surface area contributed by atoms with Crippen molar-refractivity contribution >= 4 is 52.5 Å². The van der Waals surface area contributed by atoms with Gasteiger partial charge in [-0.05, 0) is 87.0 Å². The highest BCUT2D eigenvalue weighted by Crippen LogP contribution is 2.41. The highest BCUT2D eigenvalue weighted by molar-refractivity contribution is 7.99. The minimum Gasteiger partial charge on any atom is -0.339 e. The first kappa shape index (κ1) is 29.8. The van der Waals surface area contributed by atoms with Crippen molar-refractivity contribution in [3.8, 4) is 17.5 Å². The van der Waals surface area contributed by atoms with Gasteiger partial charge in [0.25, 0.3) is 0 Å². The predicted molar refractivity (Wildman–Crippen MR) is 155 cm³/mol. The van der Waals surface area contributed by atoms with Crippen molar-refractivity contribution in [2.75, 3.05) is 31.7 Å². The summed E-state index contributed by atoms with van der Waals surface area (Å²) in [6.07, 6.45) is 2.33. The molecule has 1 aliphatic carbocycles. The van der Waals surface area contributed by atoms with Crippen molar-refractivity contribution in [2.45, 2.75) is 43.3 Å². The maximum Gasteiger partial charge on any atom is 0.235 e. The van der Waals surface area contributed by atoms with E-state index in [0.29, 0.717) is 21.8 Å². The highest BCUT2D eigenvalue weighted by atomic mass is 35.5. The number of thioether (sulfide) groups is 1. The molecule has 210 valence electrons. The molecule has 1 saturated carbocycles. The van der Waals surface area contributed by atoms with Crippen LogP contribution in [-0.2, 0) is 9.59 Å². The lowest BCUT2D eigenvalue weighted by molar-refractivity contribution is -0.122. The van der Waals surface area contributed by atoms with E-state index in [9.17, 15) is 14.0 Å². The Bertz CT molecular complexity index is 1500. The zero-order chi connectivity index (χ0) is 29.0. The molecule has 9 nitrogen and oxygen atoms in total. The minimum absolute atomic E-state index is 0.0380. The van der Waals surface area contributed by atoms with Crippen LogP contribution >= 0.6 is 35.0 Å². The van der Waals surface area contributed by atoms with Gasteiger partial charge in [0.2, 0.25) is 17.0 Å². The van der Waals surface area contributed by atoms with Gasteiger partial charge in [0.15, 0.2) is 5.82 Å². The Morgan fingerprint density at radius 2 is 1.95 bits per heavy atom. The van der Waals surface area contributed by atoms with Crippen LogP contribution in [0.3, 0.4) is 0 Å². The number of anilines is 1. The maximum absolute atomic E-state index is 15.0. The average Bonchev–Trinajstić information content (AvgIpc) is 3.62. The molecule has 0 unspecified atom stereocenters. The van der Waals surface area contributed by atoms with E-state index < -0.39 is 17.3 Å². The van der Waals surface area contributed by atoms with Crippen LogP contribution in [0, 0.1) is 17.7 Å². The third-order valence-electron chi connectivity index (χ3n) is 5.80. The molecule has 0 bridgehead atoms. The van der Waals surface area contributed by atoms with Gasteiger partial charge in [-0.1, -0.05) is 52.9 Å². The zero-order valence-corrected chi connectivity index (χ0v) is 24.7. The third kappa shape index (κ3) is 7.73. The molecule has 0 saturated heterocycles. The lowest BCUT2D eigenvalue weighted by Gasteiger charge is -2.21. The number of halogens is 3. The summed E-state index contributed by atoms with van der Waals surface area (Å²) in [7, 11) is 3.56. The van der Waals surface area contributed by atoms with E-state index in [1.807, 2.05) is 18.2 Å². The molecular formula is C27H28Cl2FN7O2S. The lowest BCUT2D eigenvalue weighted by Crippen LogP contribution is -2.45. The number of carbonyl (C=O) groups is 2. The number of amides is 2. The Morgan fingerprint density at radius 1 is 1.20 bits per heavy atom. The highest BCUT2D eigenvalue weighted by Gasteiger charge is 2.25. The van der Waals surface area contributed by atoms with Crippen molar-refractivity contribution in [2.24, 2.45) is 0 Å². The van der Waals surface area contributed by atoms with Crippen LogP contribution in [-0.4, -0.2) is 68.9 Å². The fourth-order valence-corrected chi connectivity index (χ4v) is 4.94. The second kappa shape index (κ2) is 12.6. The monoisotopic (exact) mass is 603 g/mol. The van der Waals surface area contributed by atoms with Crippen molar-refractivity contribution < 1.29 is 14.0 Å². The molecule has 2 N–H and O–H groups in total. The van der Waals surface area contributed by atoms with Crippen LogP contribution in [0.25, 0.3) is 5.69 Å². The molecule has 0 aliphatic heterocycles. The summed E-state index contributed by atoms with van der Waals surface area (Å²) in [5, 5.41) is 17.7. The van der Waals surface area contributed by atoms with Gasteiger partial charge < -0.3 is 15.5 Å². The van der Waals surface area contributed by atoms with Crippen molar-refractivity contribution in [3.05, 3.63) is 57.3 Å². The summed E-state index contributed by atoms with van der Waals surface area (Å²) in [6, 6.07) is 8.68. The van der Waals surface area contributed by atoms with Gasteiger partial charge in [0, 0.05) is 0 Å². The van der Waals surface area contributed by atoms with Crippen molar-refractivity contribution in [3.63, 3.8) is 0 Å². The quantitative estimate of drug-likeness (QED) is 0.273. The number of nitrogens with one attached hydrogen (secondary N) is 2. The standard InChI is InChI=1S/C27H28Cl2FN7O2S/c1-27(2,32-22(38)14-36(3)4)12-11-17-7-9-20(24(29)25(17)30)31-23(39)15-40-26-33-34-35-37(26)21-10-8-18(13-19(21)28)16-5-6-16/h7-10,13,16H,5-6,14-15H2,1-4H3,(H,31,39)(H,32,38). The van der Waals surface area contributed by atoms with Crippen molar-refractivity contribution in [1.29, 1.82) is 0 Å². The van der Waals surface area contributed by atoms with E-state index in [1.165, 1.54) is 22.4 Å². The number of nitrogens with zero attached hydrogens (tertiary/aromatic N) is 5. The summed E-state index contributed by atoms with van der Waals surface area (Å²) in [4.78, 5) is 26.4. The molecule has 4 rings (SSSR count). The lowest BCUT2D eigenvalue weighted by atomic mass is 10.1. The van der Waals surface area contributed by atoms with Crippen molar-refractivity contribution in [1.82, 2.24) is 30.4 Å². The summed E-state index contributed by atoms with van der Waals surface area (Å²) < 4.78 is 16.4. The van der Waals surface area contributed by atoms with Gasteiger partial charge in [0.05, 0.1) is 39.8 Å². The van der Waals surface area contributed by atoms with Gasteiger partial charge in [0.1, 0.15) is 5.02 Å². The maximum atomic E-state index is 15.0. The summed E-state index contributed by atoms with van der Waals surface area (Å²) >= 11 is 13.8. The van der Waals surface area contributed by atoms with E-state index in [4.69, 9.17) is 23.2 Å². The number of likely N-dealkylation sites (N-methyl/N-ethyl adjacent to an activating group) is 1. The molecule has 0 atom stereocenters. The SMILES string of the molecule is CN(C)CC(=O)NC(C)(C)C#Cc1ccc(NC(=O)CSc2nnnn2-c2ccc(C3CC3)cc2Cl)c(Cl)c1F. The Balaban J connectivity index is 1.38. The normalized spacial score (nSPS) is 13.1. The van der Waals surface area contributed by atoms with E-state index >= 15 is 0 Å². The molecule has 2 aromatic carbocycles. The number of tetrazole rings is 1. The van der Waals surface area contributed by atoms with Crippen LogP contribution in [0.4, 0.5) is 10.1 Å². The van der Waals surface area contributed by atoms with E-state index in [2.05, 4.69) is 38.0 Å². The molecule has 1 heterocycles. The molecule has 3 aromatic rings. The van der Waals surface area contributed by atoms with Gasteiger partial charge in [-0.25, -0.2) is 4.39 Å². The number of hydrogen-bond donors (Lipinski definition) is 2. The van der Waals surface area contributed by atoms with Gasteiger partial charge in [-0.2, -0.15) is 4.68 Å². The molecule has 13 heteroatoms. The topological polar surface area (TPSA) is 105 Å². The Labute approximate surface area is 246 Å². The number of aromatic nitrogens is 4. The number of rotatable bonds is 9.